The maximum absolute atomic E-state index is 8.79. The van der Waals surface area contributed by atoms with Gasteiger partial charge in [0.25, 0.3) is 0 Å². The minimum absolute atomic E-state index is 0.495. The topological polar surface area (TPSA) is 52.0 Å². The molecule has 2 heterocycles. The Balaban J connectivity index is 1.88. The maximum Gasteiger partial charge on any atom is 0.140 e. The average molecular weight is 230 g/mol. The van der Waals surface area contributed by atoms with E-state index in [1.54, 1.807) is 6.20 Å². The van der Waals surface area contributed by atoms with E-state index in [0.717, 1.165) is 25.2 Å². The second kappa shape index (κ2) is 5.76. The molecule has 0 saturated carbocycles. The molecule has 1 aromatic heterocycles. The third kappa shape index (κ3) is 3.52. The van der Waals surface area contributed by atoms with Crippen LogP contribution in [0.15, 0.2) is 18.3 Å². The van der Waals surface area contributed by atoms with Crippen LogP contribution in [-0.2, 0) is 6.54 Å². The molecule has 0 bridgehead atoms. The Hall–Kier alpha value is -1.44. The lowest BCUT2D eigenvalue weighted by Gasteiger charge is -2.21. The number of nitriles is 1. The molecule has 1 N–H and O–H groups in total. The lowest BCUT2D eigenvalue weighted by atomic mass is 10.2. The summed E-state index contributed by atoms with van der Waals surface area (Å²) >= 11 is 0. The van der Waals surface area contributed by atoms with Crippen LogP contribution in [0.1, 0.15) is 24.1 Å². The van der Waals surface area contributed by atoms with E-state index in [9.17, 15) is 0 Å². The number of pyridine rings is 1. The molecule has 0 aromatic carbocycles. The molecule has 17 heavy (non-hydrogen) atoms. The number of nitrogens with zero attached hydrogens (tertiary/aromatic N) is 3. The minimum Gasteiger partial charge on any atom is -0.313 e. The highest BCUT2D eigenvalue weighted by Crippen LogP contribution is 2.09. The molecule has 0 amide bonds. The van der Waals surface area contributed by atoms with Crippen LogP contribution < -0.4 is 5.32 Å². The number of likely N-dealkylation sites (N-methyl/N-ethyl adjacent to an activating group) is 1. The summed E-state index contributed by atoms with van der Waals surface area (Å²) in [4.78, 5) is 6.27. The van der Waals surface area contributed by atoms with Crippen LogP contribution in [-0.4, -0.2) is 36.1 Å². The van der Waals surface area contributed by atoms with E-state index in [1.165, 1.54) is 12.8 Å². The second-order valence-corrected chi connectivity index (χ2v) is 4.65. The molecule has 1 aliphatic heterocycles. The first-order chi connectivity index (χ1) is 8.28. The van der Waals surface area contributed by atoms with Gasteiger partial charge in [-0.15, -0.1) is 0 Å². The number of hydrogen-bond donors (Lipinski definition) is 1. The zero-order chi connectivity index (χ0) is 12.1. The normalized spacial score (nSPS) is 19.5. The molecule has 4 heteroatoms. The SMILES string of the molecule is CN(Cc1ccnc(C#N)c1)CC1CCCN1. The maximum atomic E-state index is 8.79. The summed E-state index contributed by atoms with van der Waals surface area (Å²) in [5.74, 6) is 0. The fraction of sp³-hybridized carbons (Fsp3) is 0.538. The Morgan fingerprint density at radius 3 is 3.24 bits per heavy atom. The number of nitrogens with one attached hydrogen (secondary N) is 1. The Kier molecular flexibility index (Phi) is 4.08. The molecule has 4 nitrogen and oxygen atoms in total. The van der Waals surface area contributed by atoms with Gasteiger partial charge >= 0.3 is 0 Å². The highest BCUT2D eigenvalue weighted by molar-refractivity contribution is 5.25. The Labute approximate surface area is 102 Å². The van der Waals surface area contributed by atoms with E-state index >= 15 is 0 Å². The van der Waals surface area contributed by atoms with Gasteiger partial charge < -0.3 is 10.2 Å². The first-order valence-electron chi connectivity index (χ1n) is 6.05. The highest BCUT2D eigenvalue weighted by atomic mass is 15.1. The number of hydrogen-bond acceptors (Lipinski definition) is 4. The zero-order valence-electron chi connectivity index (χ0n) is 10.2. The molecule has 1 aromatic rings. The van der Waals surface area contributed by atoms with Crippen molar-refractivity contribution in [1.29, 1.82) is 5.26 Å². The quantitative estimate of drug-likeness (QED) is 0.842. The summed E-state index contributed by atoms with van der Waals surface area (Å²) in [6, 6.07) is 6.53. The van der Waals surface area contributed by atoms with Crippen molar-refractivity contribution >= 4 is 0 Å². The van der Waals surface area contributed by atoms with Gasteiger partial charge in [-0.25, -0.2) is 4.98 Å². The Morgan fingerprint density at radius 2 is 2.53 bits per heavy atom. The third-order valence-corrected chi connectivity index (χ3v) is 3.09. The predicted octanol–water partition coefficient (Wildman–Crippen LogP) is 1.14. The van der Waals surface area contributed by atoms with Gasteiger partial charge in [0.15, 0.2) is 0 Å². The predicted molar refractivity (Wildman–Crippen MR) is 66.3 cm³/mol. The summed E-state index contributed by atoms with van der Waals surface area (Å²) in [5, 5.41) is 12.3. The lowest BCUT2D eigenvalue weighted by molar-refractivity contribution is 0.293. The van der Waals surface area contributed by atoms with E-state index in [0.29, 0.717) is 11.7 Å². The van der Waals surface area contributed by atoms with Crippen LogP contribution >= 0.6 is 0 Å². The molecule has 1 unspecified atom stereocenters. The van der Waals surface area contributed by atoms with E-state index < -0.39 is 0 Å². The van der Waals surface area contributed by atoms with Gasteiger partial charge in [0.1, 0.15) is 11.8 Å². The van der Waals surface area contributed by atoms with Crippen LogP contribution in [0.5, 0.6) is 0 Å². The van der Waals surface area contributed by atoms with E-state index in [4.69, 9.17) is 5.26 Å². The molecule has 0 spiro atoms. The summed E-state index contributed by atoms with van der Waals surface area (Å²) in [6.45, 7) is 3.08. The zero-order valence-corrected chi connectivity index (χ0v) is 10.2. The molecule has 1 fully saturated rings. The van der Waals surface area contributed by atoms with Crippen LogP contribution in [0, 0.1) is 11.3 Å². The molecule has 0 radical (unpaired) electrons. The molecular weight excluding hydrogens is 212 g/mol. The molecular formula is C13H18N4. The standard InChI is InChI=1S/C13H18N4/c1-17(10-12-3-2-5-15-12)9-11-4-6-16-13(7-11)8-14/h4,6-7,12,15H,2-3,5,9-10H2,1H3. The van der Waals surface area contributed by atoms with Crippen molar-refractivity contribution in [3.63, 3.8) is 0 Å². The summed E-state index contributed by atoms with van der Waals surface area (Å²) in [7, 11) is 2.12. The van der Waals surface area contributed by atoms with Crippen LogP contribution in [0.25, 0.3) is 0 Å². The molecule has 1 saturated heterocycles. The fourth-order valence-corrected chi connectivity index (χ4v) is 2.30. The van der Waals surface area contributed by atoms with Crippen molar-refractivity contribution < 1.29 is 0 Å². The minimum atomic E-state index is 0.495. The summed E-state index contributed by atoms with van der Waals surface area (Å²) in [5.41, 5.74) is 1.65. The molecule has 90 valence electrons. The van der Waals surface area contributed by atoms with Gasteiger partial charge in [-0.3, -0.25) is 0 Å². The van der Waals surface area contributed by atoms with Gasteiger partial charge in [-0.05, 0) is 44.1 Å². The monoisotopic (exact) mass is 230 g/mol. The summed E-state index contributed by atoms with van der Waals surface area (Å²) in [6.07, 6.45) is 4.26. The molecule has 1 aliphatic rings. The Morgan fingerprint density at radius 1 is 1.65 bits per heavy atom. The van der Waals surface area contributed by atoms with Gasteiger partial charge in [-0.2, -0.15) is 5.26 Å². The van der Waals surface area contributed by atoms with Crippen molar-refractivity contribution in [2.75, 3.05) is 20.1 Å². The van der Waals surface area contributed by atoms with Crippen molar-refractivity contribution in [3.05, 3.63) is 29.6 Å². The van der Waals surface area contributed by atoms with Crippen molar-refractivity contribution in [1.82, 2.24) is 15.2 Å². The molecule has 0 aliphatic carbocycles. The lowest BCUT2D eigenvalue weighted by Crippen LogP contribution is -2.34. The molecule has 1 atom stereocenters. The molecule has 2 rings (SSSR count). The van der Waals surface area contributed by atoms with E-state index in [1.807, 2.05) is 12.1 Å². The first kappa shape index (κ1) is 12.0. The van der Waals surface area contributed by atoms with E-state index in [-0.39, 0.29) is 0 Å². The smallest absolute Gasteiger partial charge is 0.140 e. The van der Waals surface area contributed by atoms with Crippen molar-refractivity contribution in [2.45, 2.75) is 25.4 Å². The first-order valence-corrected chi connectivity index (χ1v) is 6.05. The third-order valence-electron chi connectivity index (χ3n) is 3.09. The van der Waals surface area contributed by atoms with Crippen LogP contribution in [0.2, 0.25) is 0 Å². The van der Waals surface area contributed by atoms with Gasteiger partial charge in [0.05, 0.1) is 0 Å². The summed E-state index contributed by atoms with van der Waals surface area (Å²) < 4.78 is 0. The highest BCUT2D eigenvalue weighted by Gasteiger charge is 2.15. The van der Waals surface area contributed by atoms with Crippen molar-refractivity contribution in [2.24, 2.45) is 0 Å². The second-order valence-electron chi connectivity index (χ2n) is 4.65. The number of rotatable bonds is 4. The average Bonchev–Trinajstić information content (AvgIpc) is 2.82. The number of aromatic nitrogens is 1. The van der Waals surface area contributed by atoms with Crippen LogP contribution in [0.4, 0.5) is 0 Å². The van der Waals surface area contributed by atoms with Gasteiger partial charge in [-0.1, -0.05) is 0 Å². The van der Waals surface area contributed by atoms with E-state index in [2.05, 4.69) is 28.3 Å². The van der Waals surface area contributed by atoms with Crippen LogP contribution in [0.3, 0.4) is 0 Å². The van der Waals surface area contributed by atoms with Crippen molar-refractivity contribution in [3.8, 4) is 6.07 Å². The van der Waals surface area contributed by atoms with Gasteiger partial charge in [0.2, 0.25) is 0 Å². The largest absolute Gasteiger partial charge is 0.313 e. The fourth-order valence-electron chi connectivity index (χ4n) is 2.30. The van der Waals surface area contributed by atoms with Gasteiger partial charge in [0, 0.05) is 25.3 Å². The Bertz CT molecular complexity index is 404.